The van der Waals surface area contributed by atoms with Crippen LogP contribution in [0.25, 0.3) is 11.0 Å². The third-order valence-corrected chi connectivity index (χ3v) is 8.58. The van der Waals surface area contributed by atoms with Gasteiger partial charge in [0.25, 0.3) is 0 Å². The molecule has 2 bridgehead atoms. The van der Waals surface area contributed by atoms with Crippen molar-refractivity contribution in [3.63, 3.8) is 0 Å². The first-order chi connectivity index (χ1) is 16.2. The summed E-state index contributed by atoms with van der Waals surface area (Å²) in [4.78, 5) is 10.3. The molecule has 1 unspecified atom stereocenters. The molecule has 7 heteroatoms. The molecule has 4 heterocycles. The summed E-state index contributed by atoms with van der Waals surface area (Å²) < 4.78 is 16.1. The summed E-state index contributed by atoms with van der Waals surface area (Å²) in [7, 11) is 0. The Hall–Kier alpha value is -1.66. The Bertz CT molecular complexity index is 1110. The van der Waals surface area contributed by atoms with Gasteiger partial charge < -0.3 is 9.47 Å². The van der Waals surface area contributed by atoms with Crippen LogP contribution in [-0.4, -0.2) is 57.6 Å². The van der Waals surface area contributed by atoms with Crippen LogP contribution in [0.1, 0.15) is 61.9 Å². The third kappa shape index (κ3) is 5.24. The number of piperidine rings is 2. The zero-order valence-electron chi connectivity index (χ0n) is 20.5. The average Bonchev–Trinajstić information content (AvgIpc) is 3.29. The van der Waals surface area contributed by atoms with E-state index in [2.05, 4.69) is 51.6 Å². The third-order valence-electron chi connectivity index (χ3n) is 8.58. The van der Waals surface area contributed by atoms with Gasteiger partial charge in [0.1, 0.15) is 11.6 Å². The summed E-state index contributed by atoms with van der Waals surface area (Å²) in [5.74, 6) is 1.57. The normalized spacial score (nSPS) is 25.4. The fourth-order valence-electron chi connectivity index (χ4n) is 6.95. The minimum absolute atomic E-state index is 0. The van der Waals surface area contributed by atoms with E-state index in [1.165, 1.54) is 49.9 Å². The fourth-order valence-corrected chi connectivity index (χ4v) is 6.95. The molecule has 0 N–H and O–H groups in total. The number of likely N-dealkylation sites (tertiary alicyclic amines) is 1. The van der Waals surface area contributed by atoms with Gasteiger partial charge in [-0.15, -0.1) is 24.8 Å². The summed E-state index contributed by atoms with van der Waals surface area (Å²) in [6.45, 7) is 6.79. The molecule has 3 aliphatic heterocycles. The van der Waals surface area contributed by atoms with Crippen LogP contribution >= 0.6 is 24.8 Å². The van der Waals surface area contributed by atoms with E-state index in [0.29, 0.717) is 24.0 Å². The lowest BCUT2D eigenvalue weighted by atomic mass is 9.89. The second kappa shape index (κ2) is 11.2. The molecule has 3 saturated heterocycles. The topological polar surface area (TPSA) is 24.3 Å². The predicted octanol–water partition coefficient (Wildman–Crippen LogP) is 6.37. The van der Waals surface area contributed by atoms with E-state index >= 15 is 0 Å². The van der Waals surface area contributed by atoms with Crippen molar-refractivity contribution in [3.8, 4) is 0 Å². The predicted molar refractivity (Wildman–Crippen MR) is 146 cm³/mol. The van der Waals surface area contributed by atoms with Crippen LogP contribution < -0.4 is 0 Å². The van der Waals surface area contributed by atoms with Crippen molar-refractivity contribution in [1.82, 2.24) is 19.4 Å². The van der Waals surface area contributed by atoms with E-state index in [0.717, 1.165) is 37.3 Å². The van der Waals surface area contributed by atoms with Crippen molar-refractivity contribution >= 4 is 35.8 Å². The average molecular weight is 520 g/mol. The Morgan fingerprint density at radius 2 is 1.57 bits per heavy atom. The van der Waals surface area contributed by atoms with Crippen molar-refractivity contribution in [2.24, 2.45) is 0 Å². The Morgan fingerprint density at radius 1 is 0.857 bits per heavy atom. The summed E-state index contributed by atoms with van der Waals surface area (Å²) in [5.41, 5.74) is 3.61. The van der Waals surface area contributed by atoms with Crippen molar-refractivity contribution in [2.75, 3.05) is 26.2 Å². The lowest BCUT2D eigenvalue weighted by Gasteiger charge is -2.41. The van der Waals surface area contributed by atoms with E-state index < -0.39 is 0 Å². The lowest BCUT2D eigenvalue weighted by molar-refractivity contribution is 0.0869. The number of hydrogen-bond acceptors (Lipinski definition) is 3. The van der Waals surface area contributed by atoms with Crippen molar-refractivity contribution < 1.29 is 4.39 Å². The highest BCUT2D eigenvalue weighted by Crippen LogP contribution is 2.42. The first-order valence-corrected chi connectivity index (χ1v) is 12.8. The molecule has 3 atom stereocenters. The first kappa shape index (κ1) is 26.4. The molecule has 3 aliphatic rings. The Kier molecular flexibility index (Phi) is 8.42. The van der Waals surface area contributed by atoms with Gasteiger partial charge in [-0.05, 0) is 94.3 Å². The molecule has 3 fully saturated rings. The molecule has 0 aliphatic carbocycles. The standard InChI is InChI=1S/C28H35FN4.2ClH/c1-20-30-27-7-2-3-8-28(27)33(20)26-18-24-9-10-25(19-26)32(24)16-15-31-13-11-21(12-14-31)22-5-4-6-23(29)17-22;;/h2-8,17,21,24-26H,9-16,18-19H2,1H3;2*1H/t24-,25+,26?;;. The van der Waals surface area contributed by atoms with Gasteiger partial charge in [0.05, 0.1) is 11.0 Å². The van der Waals surface area contributed by atoms with Gasteiger partial charge in [0, 0.05) is 31.2 Å². The molecule has 0 spiro atoms. The molecule has 3 aromatic rings. The van der Waals surface area contributed by atoms with Crippen LogP contribution in [0.5, 0.6) is 0 Å². The Labute approximate surface area is 220 Å². The monoisotopic (exact) mass is 518 g/mol. The zero-order valence-corrected chi connectivity index (χ0v) is 22.1. The number of nitrogens with zero attached hydrogens (tertiary/aromatic N) is 4. The van der Waals surface area contributed by atoms with Crippen LogP contribution in [0, 0.1) is 12.7 Å². The van der Waals surface area contributed by atoms with Crippen molar-refractivity contribution in [2.45, 2.75) is 69.5 Å². The smallest absolute Gasteiger partial charge is 0.123 e. The summed E-state index contributed by atoms with van der Waals surface area (Å²) in [5, 5.41) is 0. The van der Waals surface area contributed by atoms with Crippen LogP contribution in [0.2, 0.25) is 0 Å². The molecule has 35 heavy (non-hydrogen) atoms. The minimum atomic E-state index is -0.104. The molecular formula is C28H37Cl2FN4. The van der Waals surface area contributed by atoms with Crippen LogP contribution in [-0.2, 0) is 0 Å². The number of para-hydroxylation sites is 2. The number of rotatable bonds is 5. The Morgan fingerprint density at radius 3 is 2.29 bits per heavy atom. The summed E-state index contributed by atoms with van der Waals surface area (Å²) >= 11 is 0. The number of hydrogen-bond donors (Lipinski definition) is 0. The van der Waals surface area contributed by atoms with Crippen LogP contribution in [0.3, 0.4) is 0 Å². The van der Waals surface area contributed by atoms with Gasteiger partial charge in [-0.25, -0.2) is 9.37 Å². The van der Waals surface area contributed by atoms with Crippen molar-refractivity contribution in [1.29, 1.82) is 0 Å². The van der Waals surface area contributed by atoms with Gasteiger partial charge in [0.2, 0.25) is 0 Å². The van der Waals surface area contributed by atoms with Gasteiger partial charge in [-0.2, -0.15) is 0 Å². The highest BCUT2D eigenvalue weighted by molar-refractivity contribution is 5.85. The van der Waals surface area contributed by atoms with Crippen LogP contribution in [0.4, 0.5) is 4.39 Å². The van der Waals surface area contributed by atoms with E-state index in [1.54, 1.807) is 12.1 Å². The molecule has 6 rings (SSSR count). The zero-order chi connectivity index (χ0) is 22.4. The molecule has 4 nitrogen and oxygen atoms in total. The second-order valence-corrected chi connectivity index (χ2v) is 10.4. The Balaban J connectivity index is 0.00000144. The lowest BCUT2D eigenvalue weighted by Crippen LogP contribution is -2.47. The van der Waals surface area contributed by atoms with E-state index in [1.807, 2.05) is 6.07 Å². The largest absolute Gasteiger partial charge is 0.325 e. The number of fused-ring (bicyclic) bond motifs is 3. The quantitative estimate of drug-likeness (QED) is 0.391. The maximum Gasteiger partial charge on any atom is 0.123 e. The minimum Gasteiger partial charge on any atom is -0.325 e. The molecule has 2 aromatic carbocycles. The number of benzene rings is 2. The van der Waals surface area contributed by atoms with Crippen LogP contribution in [0.15, 0.2) is 48.5 Å². The second-order valence-electron chi connectivity index (χ2n) is 10.4. The number of aryl methyl sites for hydroxylation is 1. The highest BCUT2D eigenvalue weighted by Gasteiger charge is 2.41. The molecule has 1 aromatic heterocycles. The highest BCUT2D eigenvalue weighted by atomic mass is 35.5. The van der Waals surface area contributed by atoms with Gasteiger partial charge in [-0.3, -0.25) is 4.90 Å². The first-order valence-electron chi connectivity index (χ1n) is 12.8. The van der Waals surface area contributed by atoms with Gasteiger partial charge in [-0.1, -0.05) is 24.3 Å². The fraction of sp³-hybridized carbons (Fsp3) is 0.536. The number of aromatic nitrogens is 2. The molecule has 0 amide bonds. The molecule has 190 valence electrons. The van der Waals surface area contributed by atoms with E-state index in [-0.39, 0.29) is 30.6 Å². The van der Waals surface area contributed by atoms with Crippen molar-refractivity contribution in [3.05, 3.63) is 65.7 Å². The van der Waals surface area contributed by atoms with E-state index in [4.69, 9.17) is 4.98 Å². The van der Waals surface area contributed by atoms with Gasteiger partial charge in [0.15, 0.2) is 0 Å². The molecular weight excluding hydrogens is 482 g/mol. The summed E-state index contributed by atoms with van der Waals surface area (Å²) in [6.07, 6.45) is 7.47. The maximum absolute atomic E-state index is 13.6. The van der Waals surface area contributed by atoms with E-state index in [9.17, 15) is 4.39 Å². The summed E-state index contributed by atoms with van der Waals surface area (Å²) in [6, 6.07) is 17.8. The SMILES string of the molecule is Cc1nc2ccccc2n1C1C[C@H]2CC[C@@H](C1)N2CCN1CCC(c2cccc(F)c2)CC1.Cl.Cl. The maximum atomic E-state index is 13.6. The number of halogens is 3. The molecule has 0 radical (unpaired) electrons. The molecule has 0 saturated carbocycles. The number of imidazole rings is 1. The van der Waals surface area contributed by atoms with Gasteiger partial charge >= 0.3 is 0 Å².